The zero-order valence-corrected chi connectivity index (χ0v) is 8.54. The van der Waals surface area contributed by atoms with Gasteiger partial charge in [-0.05, 0) is 20.8 Å². The summed E-state index contributed by atoms with van der Waals surface area (Å²) >= 11 is 0. The van der Waals surface area contributed by atoms with Crippen molar-refractivity contribution in [3.63, 3.8) is 0 Å². The Kier molecular flexibility index (Phi) is 1.23. The molecule has 3 heteroatoms. The van der Waals surface area contributed by atoms with Crippen molar-refractivity contribution < 1.29 is 5.11 Å². The van der Waals surface area contributed by atoms with Gasteiger partial charge >= 0.3 is 0 Å². The summed E-state index contributed by atoms with van der Waals surface area (Å²) in [5, 5.41) is 13.8. The summed E-state index contributed by atoms with van der Waals surface area (Å²) in [6, 6.07) is 1.19. The van der Waals surface area contributed by atoms with E-state index in [1.165, 1.54) is 0 Å². The van der Waals surface area contributed by atoms with Crippen LogP contribution in [0.4, 0.5) is 0 Å². The van der Waals surface area contributed by atoms with Gasteiger partial charge in [-0.25, -0.2) is 0 Å². The van der Waals surface area contributed by atoms with Gasteiger partial charge in [-0.2, -0.15) is 0 Å². The molecule has 3 fully saturated rings. The van der Waals surface area contributed by atoms with Crippen LogP contribution in [-0.2, 0) is 0 Å². The number of rotatable bonds is 0. The fourth-order valence-corrected chi connectivity index (χ4v) is 3.72. The first kappa shape index (κ1) is 8.21. The average molecular weight is 182 g/mol. The van der Waals surface area contributed by atoms with Crippen LogP contribution in [0.25, 0.3) is 0 Å². The highest BCUT2D eigenvalue weighted by Crippen LogP contribution is 2.59. The molecule has 0 radical (unpaired) electrons. The molecule has 2 heterocycles. The molecule has 13 heavy (non-hydrogen) atoms. The molecule has 0 aromatic rings. The van der Waals surface area contributed by atoms with E-state index >= 15 is 0 Å². The van der Waals surface area contributed by atoms with E-state index in [-0.39, 0.29) is 5.54 Å². The molecule has 4 unspecified atom stereocenters. The molecule has 2 N–H and O–H groups in total. The fourth-order valence-electron chi connectivity index (χ4n) is 3.72. The van der Waals surface area contributed by atoms with Crippen LogP contribution in [0.5, 0.6) is 0 Å². The van der Waals surface area contributed by atoms with Crippen molar-refractivity contribution in [1.29, 1.82) is 0 Å². The predicted molar refractivity (Wildman–Crippen MR) is 50.2 cm³/mol. The molecule has 2 saturated heterocycles. The molecule has 0 amide bonds. The third kappa shape index (κ3) is 0.729. The van der Waals surface area contributed by atoms with Crippen LogP contribution in [0.15, 0.2) is 0 Å². The first-order chi connectivity index (χ1) is 5.94. The van der Waals surface area contributed by atoms with E-state index in [0.717, 1.165) is 13.0 Å². The van der Waals surface area contributed by atoms with Crippen LogP contribution < -0.4 is 5.32 Å². The molecule has 74 valence electrons. The zero-order valence-electron chi connectivity index (χ0n) is 8.54. The van der Waals surface area contributed by atoms with E-state index in [1.807, 2.05) is 0 Å². The molecule has 4 atom stereocenters. The Morgan fingerprint density at radius 1 is 1.46 bits per heavy atom. The quantitative estimate of drug-likeness (QED) is 0.560. The maximum atomic E-state index is 10.3. The lowest BCUT2D eigenvalue weighted by Crippen LogP contribution is -2.84. The van der Waals surface area contributed by atoms with Crippen molar-refractivity contribution in [3.05, 3.63) is 0 Å². The van der Waals surface area contributed by atoms with Gasteiger partial charge in [0.15, 0.2) is 0 Å². The Morgan fingerprint density at radius 2 is 2.15 bits per heavy atom. The number of likely N-dealkylation sites (tertiary alicyclic amines) is 1. The van der Waals surface area contributed by atoms with Gasteiger partial charge in [0, 0.05) is 36.5 Å². The normalized spacial score (nSPS) is 54.0. The van der Waals surface area contributed by atoms with E-state index in [2.05, 4.69) is 31.0 Å². The van der Waals surface area contributed by atoms with Gasteiger partial charge in [-0.15, -0.1) is 0 Å². The number of hydrogen-bond acceptors (Lipinski definition) is 3. The summed E-state index contributed by atoms with van der Waals surface area (Å²) in [7, 11) is 0. The van der Waals surface area contributed by atoms with E-state index in [9.17, 15) is 5.11 Å². The second-order valence-corrected chi connectivity index (χ2v) is 5.73. The minimum atomic E-state index is -0.461. The number of piperidine rings is 1. The molecule has 3 rings (SSSR count). The molecule has 1 saturated carbocycles. The predicted octanol–water partition coefficient (Wildman–Crippen LogP) is 0.149. The molecular weight excluding hydrogens is 164 g/mol. The van der Waals surface area contributed by atoms with Crippen molar-refractivity contribution in [3.8, 4) is 0 Å². The Hall–Kier alpha value is -0.120. The van der Waals surface area contributed by atoms with Crippen LogP contribution in [0, 0.1) is 5.92 Å². The molecule has 0 spiro atoms. The first-order valence-corrected chi connectivity index (χ1v) is 5.20. The highest BCUT2D eigenvalue weighted by atomic mass is 16.3. The highest BCUT2D eigenvalue weighted by Gasteiger charge is 2.74. The van der Waals surface area contributed by atoms with Crippen LogP contribution in [0.2, 0.25) is 0 Å². The van der Waals surface area contributed by atoms with Gasteiger partial charge < -0.3 is 10.4 Å². The minimum Gasteiger partial charge on any atom is -0.375 e. The van der Waals surface area contributed by atoms with Crippen LogP contribution in [0.3, 0.4) is 0 Å². The molecule has 0 aromatic heterocycles. The van der Waals surface area contributed by atoms with Crippen molar-refractivity contribution >= 4 is 0 Å². The van der Waals surface area contributed by atoms with E-state index in [4.69, 9.17) is 0 Å². The standard InChI is InChI=1S/C10H18N2O/c1-9(2,3)12-7-5-11-6-4-10(12,13)8(6)7/h6-8,11,13H,4-5H2,1-3H3. The second kappa shape index (κ2) is 1.95. The second-order valence-electron chi connectivity index (χ2n) is 5.73. The maximum absolute atomic E-state index is 10.3. The Bertz CT molecular complexity index is 260. The third-order valence-electron chi connectivity index (χ3n) is 3.96. The number of nitrogens with zero attached hydrogens (tertiary/aromatic N) is 1. The summed E-state index contributed by atoms with van der Waals surface area (Å²) in [5.74, 6) is 0.520. The molecule has 0 bridgehead atoms. The van der Waals surface area contributed by atoms with Crippen molar-refractivity contribution in [2.24, 2.45) is 5.92 Å². The third-order valence-corrected chi connectivity index (χ3v) is 3.96. The maximum Gasteiger partial charge on any atom is 0.126 e. The van der Waals surface area contributed by atoms with Gasteiger partial charge in [-0.3, -0.25) is 4.90 Å². The van der Waals surface area contributed by atoms with Gasteiger partial charge in [0.1, 0.15) is 5.72 Å². The monoisotopic (exact) mass is 182 g/mol. The Morgan fingerprint density at radius 3 is 2.77 bits per heavy atom. The summed E-state index contributed by atoms with van der Waals surface area (Å²) < 4.78 is 0. The number of nitrogens with one attached hydrogen (secondary N) is 1. The summed E-state index contributed by atoms with van der Waals surface area (Å²) in [5.41, 5.74) is -0.357. The average Bonchev–Trinajstić information content (AvgIpc) is 2.11. The lowest BCUT2D eigenvalue weighted by molar-refractivity contribution is -0.334. The summed E-state index contributed by atoms with van der Waals surface area (Å²) in [6.07, 6.45) is 0.922. The van der Waals surface area contributed by atoms with Crippen LogP contribution >= 0.6 is 0 Å². The molecule has 3 aliphatic rings. The summed E-state index contributed by atoms with van der Waals surface area (Å²) in [6.45, 7) is 7.63. The van der Waals surface area contributed by atoms with Crippen molar-refractivity contribution in [2.45, 2.75) is 50.5 Å². The first-order valence-electron chi connectivity index (χ1n) is 5.20. The fraction of sp³-hybridized carbons (Fsp3) is 1.00. The van der Waals surface area contributed by atoms with Crippen molar-refractivity contribution in [2.75, 3.05) is 6.54 Å². The topological polar surface area (TPSA) is 35.5 Å². The molecule has 2 aliphatic heterocycles. The SMILES string of the molecule is CC(C)(C)N1C2CNC3CC1(O)C32. The lowest BCUT2D eigenvalue weighted by atomic mass is 9.59. The van der Waals surface area contributed by atoms with Gasteiger partial charge in [0.2, 0.25) is 0 Å². The molecule has 3 nitrogen and oxygen atoms in total. The largest absolute Gasteiger partial charge is 0.375 e. The Balaban J connectivity index is 1.92. The molecule has 0 aromatic carbocycles. The van der Waals surface area contributed by atoms with E-state index in [1.54, 1.807) is 0 Å². The highest BCUT2D eigenvalue weighted by molar-refractivity contribution is 5.25. The number of hydrogen-bond donors (Lipinski definition) is 2. The lowest BCUT2D eigenvalue weighted by Gasteiger charge is -2.70. The number of aliphatic hydroxyl groups is 1. The smallest absolute Gasteiger partial charge is 0.126 e. The van der Waals surface area contributed by atoms with Crippen LogP contribution in [-0.4, -0.2) is 39.9 Å². The Labute approximate surface area is 79.1 Å². The summed E-state index contributed by atoms with van der Waals surface area (Å²) in [4.78, 5) is 2.29. The minimum absolute atomic E-state index is 0.104. The van der Waals surface area contributed by atoms with E-state index < -0.39 is 5.72 Å². The zero-order chi connectivity index (χ0) is 9.43. The van der Waals surface area contributed by atoms with E-state index in [0.29, 0.717) is 18.0 Å². The van der Waals surface area contributed by atoms with Crippen LogP contribution in [0.1, 0.15) is 27.2 Å². The van der Waals surface area contributed by atoms with Gasteiger partial charge in [0.05, 0.1) is 0 Å². The molecule has 1 aliphatic carbocycles. The molecular formula is C10H18N2O. The van der Waals surface area contributed by atoms with Gasteiger partial charge in [0.25, 0.3) is 0 Å². The van der Waals surface area contributed by atoms with Crippen molar-refractivity contribution in [1.82, 2.24) is 10.2 Å². The van der Waals surface area contributed by atoms with Gasteiger partial charge in [-0.1, -0.05) is 0 Å².